The van der Waals surface area contributed by atoms with Gasteiger partial charge in [-0.1, -0.05) is 11.6 Å². The molecule has 2 aromatic rings. The molecule has 1 aromatic carbocycles. The van der Waals surface area contributed by atoms with E-state index in [0.29, 0.717) is 16.5 Å². The van der Waals surface area contributed by atoms with Crippen LogP contribution in [0.4, 0.5) is 17.2 Å². The predicted octanol–water partition coefficient (Wildman–Crippen LogP) is 4.18. The van der Waals surface area contributed by atoms with E-state index < -0.39 is 10.8 Å². The van der Waals surface area contributed by atoms with Crippen molar-refractivity contribution >= 4 is 64.4 Å². The van der Waals surface area contributed by atoms with Crippen LogP contribution in [0.3, 0.4) is 0 Å². The van der Waals surface area contributed by atoms with Crippen molar-refractivity contribution in [2.24, 2.45) is 0 Å². The van der Waals surface area contributed by atoms with Crippen LogP contribution in [0.2, 0.25) is 5.02 Å². The lowest BCUT2D eigenvalue weighted by atomic mass is 10.1. The van der Waals surface area contributed by atoms with Crippen molar-refractivity contribution in [2.45, 2.75) is 19.3 Å². The second kappa shape index (κ2) is 10.3. The molecule has 0 spiro atoms. The van der Waals surface area contributed by atoms with Crippen LogP contribution in [-0.4, -0.2) is 34.0 Å². The quantitative estimate of drug-likeness (QED) is 0.404. The minimum absolute atomic E-state index is 0. The number of piperidine rings is 1. The molecule has 8 nitrogen and oxygen atoms in total. The van der Waals surface area contributed by atoms with E-state index in [1.807, 2.05) is 4.90 Å². The lowest BCUT2D eigenvalue weighted by Gasteiger charge is -2.28. The summed E-state index contributed by atoms with van der Waals surface area (Å²) >= 11 is 10.9. The zero-order valence-electron chi connectivity index (χ0n) is 15.3. The number of pyridine rings is 1. The van der Waals surface area contributed by atoms with E-state index in [1.54, 1.807) is 24.3 Å². The van der Waals surface area contributed by atoms with E-state index in [-0.39, 0.29) is 28.8 Å². The fraction of sp³-hybridized carbons (Fsp3) is 0.278. The number of aromatic nitrogens is 1. The van der Waals surface area contributed by atoms with Crippen LogP contribution in [0.1, 0.15) is 29.6 Å². The van der Waals surface area contributed by atoms with Gasteiger partial charge < -0.3 is 10.2 Å². The number of anilines is 2. The molecule has 0 radical (unpaired) electrons. The molecule has 1 saturated heterocycles. The van der Waals surface area contributed by atoms with Gasteiger partial charge in [0, 0.05) is 30.9 Å². The lowest BCUT2D eigenvalue weighted by Crippen LogP contribution is -2.34. The molecule has 0 unspecified atom stereocenters. The van der Waals surface area contributed by atoms with Gasteiger partial charge in [-0.25, -0.2) is 4.98 Å². The van der Waals surface area contributed by atoms with Gasteiger partial charge in [0.2, 0.25) is 0 Å². The molecule has 0 saturated carbocycles. The number of halogens is 2. The SMILES string of the molecule is Cl.O=C(NC(=S)Nc1ccc(Cl)cn1)c1ccc(N2CCCCC2)c([N+](=O)[O-])c1. The summed E-state index contributed by atoms with van der Waals surface area (Å²) in [7, 11) is 0. The van der Waals surface area contributed by atoms with Crippen molar-refractivity contribution in [1.82, 2.24) is 10.3 Å². The molecular formula is C18H19Cl2N5O3S. The van der Waals surface area contributed by atoms with Crippen molar-refractivity contribution in [3.63, 3.8) is 0 Å². The fourth-order valence-corrected chi connectivity index (χ4v) is 3.29. The minimum Gasteiger partial charge on any atom is -0.366 e. The number of amides is 1. The largest absolute Gasteiger partial charge is 0.366 e. The van der Waals surface area contributed by atoms with Crippen molar-refractivity contribution in [1.29, 1.82) is 0 Å². The number of hydrogen-bond acceptors (Lipinski definition) is 6. The van der Waals surface area contributed by atoms with Crippen LogP contribution in [0.5, 0.6) is 0 Å². The molecule has 1 aromatic heterocycles. The number of nitro benzene ring substituents is 1. The third-order valence-electron chi connectivity index (χ3n) is 4.33. The average molecular weight is 456 g/mol. The molecule has 1 amide bonds. The van der Waals surface area contributed by atoms with Gasteiger partial charge in [-0.2, -0.15) is 0 Å². The first-order valence-corrected chi connectivity index (χ1v) is 9.50. The topological polar surface area (TPSA) is 100 Å². The van der Waals surface area contributed by atoms with E-state index in [0.717, 1.165) is 32.4 Å². The van der Waals surface area contributed by atoms with Crippen molar-refractivity contribution in [3.05, 3.63) is 57.2 Å². The summed E-state index contributed by atoms with van der Waals surface area (Å²) in [5.74, 6) is -0.124. The number of thiocarbonyl (C=S) groups is 1. The Kier molecular flexibility index (Phi) is 8.12. The standard InChI is InChI=1S/C18H18ClN5O3S.ClH/c19-13-5-7-16(20-11-13)21-18(28)22-17(25)12-4-6-14(15(10-12)24(26)27)23-8-2-1-3-9-23;/h4-7,10-11H,1-3,8-9H2,(H2,20,21,22,25,28);1H. The molecule has 29 heavy (non-hydrogen) atoms. The van der Waals surface area contributed by atoms with Gasteiger partial charge >= 0.3 is 0 Å². The first-order valence-electron chi connectivity index (χ1n) is 8.71. The van der Waals surface area contributed by atoms with Crippen LogP contribution < -0.4 is 15.5 Å². The number of nitro groups is 1. The molecule has 154 valence electrons. The normalized spacial score (nSPS) is 13.2. The third kappa shape index (κ3) is 5.99. The summed E-state index contributed by atoms with van der Waals surface area (Å²) in [6.07, 6.45) is 4.56. The second-order valence-corrected chi connectivity index (χ2v) is 7.12. The lowest BCUT2D eigenvalue weighted by molar-refractivity contribution is -0.384. The van der Waals surface area contributed by atoms with Gasteiger partial charge in [-0.05, 0) is 55.7 Å². The van der Waals surface area contributed by atoms with Gasteiger partial charge in [-0.3, -0.25) is 20.2 Å². The molecule has 0 aliphatic carbocycles. The highest BCUT2D eigenvalue weighted by atomic mass is 35.5. The molecule has 1 aliphatic heterocycles. The summed E-state index contributed by atoms with van der Waals surface area (Å²) in [6.45, 7) is 1.54. The zero-order chi connectivity index (χ0) is 20.1. The van der Waals surface area contributed by atoms with Crippen LogP contribution in [0.15, 0.2) is 36.5 Å². The Morgan fingerprint density at radius 1 is 1.21 bits per heavy atom. The summed E-state index contributed by atoms with van der Waals surface area (Å²) < 4.78 is 0. The van der Waals surface area contributed by atoms with E-state index in [4.69, 9.17) is 23.8 Å². The molecule has 2 heterocycles. The summed E-state index contributed by atoms with van der Waals surface area (Å²) in [6, 6.07) is 7.70. The smallest absolute Gasteiger partial charge is 0.293 e. The molecule has 3 rings (SSSR count). The number of nitrogens with one attached hydrogen (secondary N) is 2. The number of hydrogen-bond donors (Lipinski definition) is 2. The summed E-state index contributed by atoms with van der Waals surface area (Å²) in [4.78, 5) is 29.5. The maximum Gasteiger partial charge on any atom is 0.293 e. The molecule has 2 N–H and O–H groups in total. The first-order chi connectivity index (χ1) is 13.4. The van der Waals surface area contributed by atoms with Crippen molar-refractivity contribution < 1.29 is 9.72 Å². The predicted molar refractivity (Wildman–Crippen MR) is 119 cm³/mol. The van der Waals surface area contributed by atoms with Crippen molar-refractivity contribution in [3.8, 4) is 0 Å². The van der Waals surface area contributed by atoms with Gasteiger partial charge in [0.05, 0.1) is 9.95 Å². The Labute approximate surface area is 184 Å². The van der Waals surface area contributed by atoms with Gasteiger partial charge in [-0.15, -0.1) is 12.4 Å². The van der Waals surface area contributed by atoms with Gasteiger partial charge in [0.1, 0.15) is 11.5 Å². The van der Waals surface area contributed by atoms with Crippen LogP contribution in [-0.2, 0) is 0 Å². The van der Waals surface area contributed by atoms with E-state index in [1.165, 1.54) is 12.3 Å². The highest BCUT2D eigenvalue weighted by Gasteiger charge is 2.23. The monoisotopic (exact) mass is 455 g/mol. The highest BCUT2D eigenvalue weighted by Crippen LogP contribution is 2.31. The first kappa shape index (κ1) is 22.8. The Balaban J connectivity index is 0.00000300. The molecule has 1 fully saturated rings. The maximum atomic E-state index is 12.4. The second-order valence-electron chi connectivity index (χ2n) is 6.28. The number of carbonyl (C=O) groups excluding carboxylic acids is 1. The molecule has 0 bridgehead atoms. The Hall–Kier alpha value is -2.49. The van der Waals surface area contributed by atoms with Gasteiger partial charge in [0.15, 0.2) is 5.11 Å². The maximum absolute atomic E-state index is 12.4. The van der Waals surface area contributed by atoms with E-state index in [2.05, 4.69) is 15.6 Å². The third-order valence-corrected chi connectivity index (χ3v) is 4.75. The fourth-order valence-electron chi connectivity index (χ4n) is 2.99. The molecule has 11 heteroatoms. The summed E-state index contributed by atoms with van der Waals surface area (Å²) in [5.41, 5.74) is 0.598. The average Bonchev–Trinajstić information content (AvgIpc) is 2.69. The molecular weight excluding hydrogens is 437 g/mol. The van der Waals surface area contributed by atoms with Crippen LogP contribution in [0.25, 0.3) is 0 Å². The summed E-state index contributed by atoms with van der Waals surface area (Å²) in [5, 5.41) is 17.3. The van der Waals surface area contributed by atoms with Crippen LogP contribution >= 0.6 is 36.2 Å². The number of rotatable bonds is 4. The molecule has 1 aliphatic rings. The van der Waals surface area contributed by atoms with E-state index in [9.17, 15) is 14.9 Å². The van der Waals surface area contributed by atoms with E-state index >= 15 is 0 Å². The number of carbonyl (C=O) groups is 1. The minimum atomic E-state index is -0.542. The number of nitrogens with zero attached hydrogens (tertiary/aromatic N) is 3. The Bertz CT molecular complexity index is 905. The molecule has 0 atom stereocenters. The Morgan fingerprint density at radius 2 is 1.93 bits per heavy atom. The number of benzene rings is 1. The zero-order valence-corrected chi connectivity index (χ0v) is 17.6. The van der Waals surface area contributed by atoms with Gasteiger partial charge in [0.25, 0.3) is 11.6 Å². The Morgan fingerprint density at radius 3 is 2.55 bits per heavy atom. The highest BCUT2D eigenvalue weighted by molar-refractivity contribution is 7.80. The van der Waals surface area contributed by atoms with Crippen molar-refractivity contribution in [2.75, 3.05) is 23.3 Å². The van der Waals surface area contributed by atoms with Crippen LogP contribution in [0, 0.1) is 10.1 Å².